The monoisotopic (exact) mass is 359 g/mol. The Morgan fingerprint density at radius 1 is 1.26 bits per heavy atom. The maximum atomic E-state index is 13.3. The highest BCUT2D eigenvalue weighted by Gasteiger charge is 2.29. The van der Waals surface area contributed by atoms with E-state index in [1.807, 2.05) is 42.0 Å². The third kappa shape index (κ3) is 2.60. The fourth-order valence-corrected chi connectivity index (χ4v) is 3.88. The van der Waals surface area contributed by atoms with Gasteiger partial charge < -0.3 is 14.9 Å². The summed E-state index contributed by atoms with van der Waals surface area (Å²) < 4.78 is 1.99. The highest BCUT2D eigenvalue weighted by atomic mass is 16.1. The zero-order valence-corrected chi connectivity index (χ0v) is 15.4. The molecule has 0 spiro atoms. The fourth-order valence-electron chi connectivity index (χ4n) is 3.88. The predicted octanol–water partition coefficient (Wildman–Crippen LogP) is 4.09. The van der Waals surface area contributed by atoms with E-state index in [2.05, 4.69) is 33.3 Å². The molecule has 3 aromatic heterocycles. The van der Waals surface area contributed by atoms with Crippen LogP contribution in [-0.2, 0) is 0 Å². The number of aryl methyl sites for hydroxylation is 1. The van der Waals surface area contributed by atoms with Crippen LogP contribution in [0, 0.1) is 6.92 Å². The molecule has 0 bridgehead atoms. The first kappa shape index (κ1) is 16.1. The minimum atomic E-state index is -0.0591. The van der Waals surface area contributed by atoms with Crippen molar-refractivity contribution in [3.05, 3.63) is 64.5 Å². The van der Waals surface area contributed by atoms with Gasteiger partial charge in [0.25, 0.3) is 5.56 Å². The van der Waals surface area contributed by atoms with Crippen molar-refractivity contribution in [2.24, 2.45) is 0 Å². The summed E-state index contributed by atoms with van der Waals surface area (Å²) in [5.41, 5.74) is 2.95. The largest absolute Gasteiger partial charge is 0.361 e. The van der Waals surface area contributed by atoms with Crippen LogP contribution in [-0.4, -0.2) is 19.5 Å². The van der Waals surface area contributed by atoms with Gasteiger partial charge in [-0.05, 0) is 49.8 Å². The van der Waals surface area contributed by atoms with Gasteiger partial charge in [-0.25, -0.2) is 9.97 Å². The molecule has 0 aliphatic heterocycles. The third-order valence-electron chi connectivity index (χ3n) is 5.38. The maximum absolute atomic E-state index is 13.3. The zero-order valence-electron chi connectivity index (χ0n) is 15.4. The molecule has 0 amide bonds. The second kappa shape index (κ2) is 5.94. The average Bonchev–Trinajstić information content (AvgIpc) is 3.37. The molecule has 1 saturated carbocycles. The summed E-state index contributed by atoms with van der Waals surface area (Å²) in [5.74, 6) is 0.771. The van der Waals surface area contributed by atoms with Crippen molar-refractivity contribution < 1.29 is 0 Å². The van der Waals surface area contributed by atoms with Gasteiger partial charge >= 0.3 is 0 Å². The first-order valence-corrected chi connectivity index (χ1v) is 9.33. The van der Waals surface area contributed by atoms with Gasteiger partial charge in [-0.2, -0.15) is 0 Å². The van der Waals surface area contributed by atoms with Crippen LogP contribution < -0.4 is 10.9 Å². The van der Waals surface area contributed by atoms with Crippen LogP contribution >= 0.6 is 0 Å². The van der Waals surface area contributed by atoms with Crippen molar-refractivity contribution in [2.75, 3.05) is 5.32 Å². The number of nitrogens with zero attached hydrogens (tertiary/aromatic N) is 3. The zero-order chi connectivity index (χ0) is 18.5. The third-order valence-corrected chi connectivity index (χ3v) is 5.38. The Labute approximate surface area is 156 Å². The number of aromatic amines is 1. The van der Waals surface area contributed by atoms with E-state index in [9.17, 15) is 4.79 Å². The molecule has 0 unspecified atom stereocenters. The van der Waals surface area contributed by atoms with E-state index in [1.54, 1.807) is 6.33 Å². The standard InChI is InChI=1S/C21H21N5O/c1-12-4-3-5-14-10-17(26(15-6-7-15)21(27)18(12)14)13(2)25-20-16-8-9-22-19(16)23-11-24-20/h3-5,8-11,13,15H,6-7H2,1-2H3,(H2,22,23,24,25)/t13-/m0/s1. The van der Waals surface area contributed by atoms with Gasteiger partial charge in [-0.15, -0.1) is 0 Å². The molecule has 0 saturated heterocycles. The summed E-state index contributed by atoms with van der Waals surface area (Å²) in [4.78, 5) is 25.0. The first-order chi connectivity index (χ1) is 13.1. The number of benzene rings is 1. The van der Waals surface area contributed by atoms with Crippen molar-refractivity contribution >= 4 is 27.6 Å². The highest BCUT2D eigenvalue weighted by molar-refractivity contribution is 5.87. The van der Waals surface area contributed by atoms with Crippen molar-refractivity contribution in [3.8, 4) is 0 Å². The summed E-state index contributed by atoms with van der Waals surface area (Å²) in [6.07, 6.45) is 5.53. The van der Waals surface area contributed by atoms with E-state index in [0.717, 1.165) is 51.7 Å². The maximum Gasteiger partial charge on any atom is 0.259 e. The van der Waals surface area contributed by atoms with Crippen molar-refractivity contribution in [2.45, 2.75) is 38.8 Å². The number of rotatable bonds is 4. The number of hydrogen-bond acceptors (Lipinski definition) is 4. The number of pyridine rings is 1. The normalized spacial score (nSPS) is 15.3. The number of hydrogen-bond donors (Lipinski definition) is 2. The average molecular weight is 359 g/mol. The van der Waals surface area contributed by atoms with Gasteiger partial charge in [0.2, 0.25) is 0 Å². The van der Waals surface area contributed by atoms with Crippen LogP contribution in [0.25, 0.3) is 21.8 Å². The Kier molecular flexibility index (Phi) is 3.53. The van der Waals surface area contributed by atoms with Crippen LogP contribution in [0.4, 0.5) is 5.82 Å². The van der Waals surface area contributed by atoms with Crippen molar-refractivity contribution in [3.63, 3.8) is 0 Å². The molecule has 1 aliphatic carbocycles. The Balaban J connectivity index is 1.64. The summed E-state index contributed by atoms with van der Waals surface area (Å²) in [7, 11) is 0. The van der Waals surface area contributed by atoms with Crippen LogP contribution in [0.5, 0.6) is 0 Å². The Hall–Kier alpha value is -3.15. The van der Waals surface area contributed by atoms with Gasteiger partial charge in [0.05, 0.1) is 16.8 Å². The number of anilines is 1. The topological polar surface area (TPSA) is 75.6 Å². The fraction of sp³-hybridized carbons (Fsp3) is 0.286. The van der Waals surface area contributed by atoms with E-state index in [4.69, 9.17) is 0 Å². The van der Waals surface area contributed by atoms with Gasteiger partial charge in [0.1, 0.15) is 17.8 Å². The first-order valence-electron chi connectivity index (χ1n) is 9.33. The van der Waals surface area contributed by atoms with Gasteiger partial charge in [0.15, 0.2) is 0 Å². The van der Waals surface area contributed by atoms with Gasteiger partial charge in [-0.3, -0.25) is 4.79 Å². The van der Waals surface area contributed by atoms with Crippen molar-refractivity contribution in [1.29, 1.82) is 0 Å². The molecule has 27 heavy (non-hydrogen) atoms. The molecular formula is C21H21N5O. The summed E-state index contributed by atoms with van der Waals surface area (Å²) >= 11 is 0. The number of fused-ring (bicyclic) bond motifs is 2. The van der Waals surface area contributed by atoms with E-state index < -0.39 is 0 Å². The molecule has 2 N–H and O–H groups in total. The SMILES string of the molecule is Cc1cccc2cc([C@H](C)Nc3ncnc4[nH]ccc34)n(C3CC3)c(=O)c12. The molecule has 1 fully saturated rings. The van der Waals surface area contributed by atoms with E-state index in [1.165, 1.54) is 0 Å². The lowest BCUT2D eigenvalue weighted by Crippen LogP contribution is -2.26. The molecule has 5 rings (SSSR count). The second-order valence-corrected chi connectivity index (χ2v) is 7.34. The molecular weight excluding hydrogens is 338 g/mol. The number of nitrogens with one attached hydrogen (secondary N) is 2. The summed E-state index contributed by atoms with van der Waals surface area (Å²) in [5, 5.41) is 6.26. The van der Waals surface area contributed by atoms with Crippen LogP contribution in [0.1, 0.15) is 43.1 Å². The Morgan fingerprint density at radius 2 is 2.11 bits per heavy atom. The molecule has 1 aliphatic rings. The lowest BCUT2D eigenvalue weighted by atomic mass is 10.0. The van der Waals surface area contributed by atoms with E-state index in [0.29, 0.717) is 6.04 Å². The minimum Gasteiger partial charge on any atom is -0.361 e. The Bertz CT molecular complexity index is 1220. The molecule has 1 atom stereocenters. The smallest absolute Gasteiger partial charge is 0.259 e. The van der Waals surface area contributed by atoms with Crippen molar-refractivity contribution in [1.82, 2.24) is 19.5 Å². The summed E-state index contributed by atoms with van der Waals surface area (Å²) in [6, 6.07) is 10.4. The number of aromatic nitrogens is 4. The lowest BCUT2D eigenvalue weighted by molar-refractivity contribution is 0.636. The molecule has 6 heteroatoms. The lowest BCUT2D eigenvalue weighted by Gasteiger charge is -2.21. The molecule has 136 valence electrons. The van der Waals surface area contributed by atoms with Crippen LogP contribution in [0.15, 0.2) is 47.7 Å². The number of H-pyrrole nitrogens is 1. The van der Waals surface area contributed by atoms with Gasteiger partial charge in [-0.1, -0.05) is 18.2 Å². The Morgan fingerprint density at radius 3 is 2.93 bits per heavy atom. The molecule has 4 aromatic rings. The van der Waals surface area contributed by atoms with E-state index in [-0.39, 0.29) is 11.6 Å². The highest BCUT2D eigenvalue weighted by Crippen LogP contribution is 2.37. The second-order valence-electron chi connectivity index (χ2n) is 7.34. The molecule has 3 heterocycles. The predicted molar refractivity (Wildman–Crippen MR) is 107 cm³/mol. The quantitative estimate of drug-likeness (QED) is 0.575. The summed E-state index contributed by atoms with van der Waals surface area (Å²) in [6.45, 7) is 4.09. The van der Waals surface area contributed by atoms with Crippen LogP contribution in [0.3, 0.4) is 0 Å². The minimum absolute atomic E-state index is 0.0591. The molecule has 6 nitrogen and oxygen atoms in total. The van der Waals surface area contributed by atoms with Crippen LogP contribution in [0.2, 0.25) is 0 Å². The molecule has 0 radical (unpaired) electrons. The van der Waals surface area contributed by atoms with E-state index >= 15 is 0 Å². The van der Waals surface area contributed by atoms with Gasteiger partial charge in [0, 0.05) is 17.9 Å². The molecule has 1 aromatic carbocycles.